The van der Waals surface area contributed by atoms with Crippen molar-refractivity contribution in [3.8, 4) is 22.3 Å². The zero-order valence-corrected chi connectivity index (χ0v) is 28.7. The van der Waals surface area contributed by atoms with Crippen molar-refractivity contribution >= 4 is 5.97 Å². The Kier molecular flexibility index (Phi) is 14.2. The van der Waals surface area contributed by atoms with Crippen LogP contribution in [0, 0.1) is 29.3 Å². The summed E-state index contributed by atoms with van der Waals surface area (Å²) in [6, 6.07) is 14.8. The van der Waals surface area contributed by atoms with E-state index >= 15 is 4.39 Å². The first-order valence-electron chi connectivity index (χ1n) is 17.3. The Morgan fingerprint density at radius 2 is 1.57 bits per heavy atom. The van der Waals surface area contributed by atoms with Crippen LogP contribution < -0.4 is 0 Å². The van der Waals surface area contributed by atoms with Gasteiger partial charge in [0, 0.05) is 5.56 Å². The second-order valence-electron chi connectivity index (χ2n) is 13.3. The quantitative estimate of drug-likeness (QED) is 0.0489. The molecule has 5 nitrogen and oxygen atoms in total. The molecule has 0 heterocycles. The van der Waals surface area contributed by atoms with E-state index < -0.39 is 36.3 Å². The summed E-state index contributed by atoms with van der Waals surface area (Å²) < 4.78 is 56.3. The molecule has 2 N–H and O–H groups in total. The first kappa shape index (κ1) is 38.1. The Balaban J connectivity index is 1.38. The lowest BCUT2D eigenvalue weighted by molar-refractivity contribution is -0.140. The lowest BCUT2D eigenvalue weighted by atomic mass is 9.73. The number of aryl methyl sites for hydroxylation is 1. The van der Waals surface area contributed by atoms with Crippen molar-refractivity contribution in [1.82, 2.24) is 0 Å². The van der Waals surface area contributed by atoms with Crippen LogP contribution in [0.1, 0.15) is 82.3 Å². The van der Waals surface area contributed by atoms with Gasteiger partial charge in [-0.15, -0.1) is 0 Å². The van der Waals surface area contributed by atoms with Crippen LogP contribution >= 0.6 is 0 Å². The third kappa shape index (κ3) is 10.4. The van der Waals surface area contributed by atoms with Gasteiger partial charge in [0.25, 0.3) is 0 Å². The third-order valence-corrected chi connectivity index (χ3v) is 9.65. The third-order valence-electron chi connectivity index (χ3n) is 9.65. The monoisotopic (exact) mass is 678 g/mol. The van der Waals surface area contributed by atoms with E-state index in [4.69, 9.17) is 14.6 Å². The van der Waals surface area contributed by atoms with Crippen molar-refractivity contribution in [3.63, 3.8) is 0 Å². The summed E-state index contributed by atoms with van der Waals surface area (Å²) >= 11 is 0. The maximum absolute atomic E-state index is 15.4. The van der Waals surface area contributed by atoms with E-state index in [-0.39, 0.29) is 29.2 Å². The molecule has 264 valence electrons. The van der Waals surface area contributed by atoms with Crippen LogP contribution in [0.2, 0.25) is 0 Å². The molecule has 0 aliphatic heterocycles. The molecule has 2 unspecified atom stereocenters. The number of esters is 1. The zero-order chi connectivity index (χ0) is 35.5. The van der Waals surface area contributed by atoms with Crippen LogP contribution in [0.5, 0.6) is 0 Å². The molecule has 2 atom stereocenters. The van der Waals surface area contributed by atoms with E-state index in [2.05, 4.69) is 20.1 Å². The number of unbranched alkanes of at least 4 members (excludes halogenated alkanes) is 2. The van der Waals surface area contributed by atoms with Gasteiger partial charge in [0.1, 0.15) is 17.5 Å². The first-order chi connectivity index (χ1) is 23.5. The molecule has 1 fully saturated rings. The van der Waals surface area contributed by atoms with Crippen LogP contribution in [0.25, 0.3) is 22.3 Å². The summed E-state index contributed by atoms with van der Waals surface area (Å²) in [6.45, 7) is 11.0. The van der Waals surface area contributed by atoms with Gasteiger partial charge >= 0.3 is 5.97 Å². The molecule has 0 amide bonds. The van der Waals surface area contributed by atoms with E-state index in [9.17, 15) is 18.7 Å². The van der Waals surface area contributed by atoms with Gasteiger partial charge in [-0.2, -0.15) is 0 Å². The summed E-state index contributed by atoms with van der Waals surface area (Å²) in [7, 11) is 0. The summed E-state index contributed by atoms with van der Waals surface area (Å²) in [4.78, 5) is 12.0. The van der Waals surface area contributed by atoms with Crippen molar-refractivity contribution in [2.75, 3.05) is 19.8 Å². The zero-order valence-electron chi connectivity index (χ0n) is 28.7. The first-order valence-corrected chi connectivity index (χ1v) is 17.3. The number of ether oxygens (including phenoxy) is 2. The Labute approximate surface area is 288 Å². The minimum atomic E-state index is -1.07. The van der Waals surface area contributed by atoms with Crippen molar-refractivity contribution < 1.29 is 37.7 Å². The molecule has 0 aromatic heterocycles. The van der Waals surface area contributed by atoms with E-state index in [1.54, 1.807) is 19.1 Å². The normalized spacial score (nSPS) is 17.4. The van der Waals surface area contributed by atoms with Crippen LogP contribution in [0.4, 0.5) is 13.2 Å². The summed E-state index contributed by atoms with van der Waals surface area (Å²) in [5.74, 6) is -1.88. The van der Waals surface area contributed by atoms with Crippen LogP contribution in [0.3, 0.4) is 0 Å². The minimum absolute atomic E-state index is 0.00112. The van der Waals surface area contributed by atoms with E-state index in [1.807, 2.05) is 24.3 Å². The van der Waals surface area contributed by atoms with Gasteiger partial charge in [-0.3, -0.25) is 0 Å². The molecule has 3 aromatic carbocycles. The fraction of sp³-hybridized carbons (Fsp3) is 0.439. The highest BCUT2D eigenvalue weighted by Crippen LogP contribution is 2.41. The fourth-order valence-corrected chi connectivity index (χ4v) is 6.67. The molecule has 0 radical (unpaired) electrons. The van der Waals surface area contributed by atoms with Crippen molar-refractivity contribution in [3.05, 3.63) is 107 Å². The van der Waals surface area contributed by atoms with Gasteiger partial charge in [0.05, 0.1) is 31.0 Å². The molecule has 3 aromatic rings. The van der Waals surface area contributed by atoms with Crippen LogP contribution in [0.15, 0.2) is 78.9 Å². The Hall–Kier alpha value is -3.72. The maximum Gasteiger partial charge on any atom is 0.335 e. The largest absolute Gasteiger partial charge is 0.462 e. The summed E-state index contributed by atoms with van der Waals surface area (Å²) in [5, 5.41) is 19.3. The molecule has 49 heavy (non-hydrogen) atoms. The van der Waals surface area contributed by atoms with Gasteiger partial charge in [0.15, 0.2) is 6.29 Å². The number of carbonyl (C=O) groups excluding carboxylic acids is 1. The number of aliphatic hydroxyl groups is 2. The predicted molar refractivity (Wildman–Crippen MR) is 187 cm³/mol. The highest BCUT2D eigenvalue weighted by Gasteiger charge is 2.29. The van der Waals surface area contributed by atoms with Crippen LogP contribution in [-0.2, 0) is 20.7 Å². The second-order valence-corrected chi connectivity index (χ2v) is 13.3. The average molecular weight is 679 g/mol. The Morgan fingerprint density at radius 1 is 0.918 bits per heavy atom. The van der Waals surface area contributed by atoms with Crippen LogP contribution in [-0.4, -0.2) is 42.3 Å². The fourth-order valence-electron chi connectivity index (χ4n) is 6.67. The number of hydrogen-bond donors (Lipinski definition) is 2. The lowest BCUT2D eigenvalue weighted by Gasteiger charge is -2.34. The van der Waals surface area contributed by atoms with Crippen molar-refractivity contribution in [1.29, 1.82) is 0 Å². The molecule has 1 aliphatic rings. The van der Waals surface area contributed by atoms with Crippen molar-refractivity contribution in [2.24, 2.45) is 11.8 Å². The number of halogens is 3. The average Bonchev–Trinajstić information content (AvgIpc) is 3.09. The topological polar surface area (TPSA) is 76.0 Å². The lowest BCUT2D eigenvalue weighted by Crippen LogP contribution is -2.28. The molecular weight excluding hydrogens is 629 g/mol. The highest BCUT2D eigenvalue weighted by molar-refractivity contribution is 5.87. The van der Waals surface area contributed by atoms with E-state index in [0.717, 1.165) is 50.5 Å². The van der Waals surface area contributed by atoms with Gasteiger partial charge in [-0.05, 0) is 116 Å². The molecule has 1 saturated carbocycles. The standard InChI is InChI=1S/C41H49F3O5/c1-5-6-7-8-28-21-37(43)39(38(44)22-28)33-17-18-35(36(42)23-33)32-15-13-30(14-16-32)29-9-11-31(12-10-29)34(25-49-40(46)26(2)3)19-20-48-41(47)27(4)24-45/h13-18,21-23,29,31,34,40,45-46H,2,4-12,19-20,24-25H2,1,3H3. The number of benzene rings is 3. The number of carbonyl (C=O) groups is 1. The summed E-state index contributed by atoms with van der Waals surface area (Å²) in [6.07, 6.45) is 6.66. The van der Waals surface area contributed by atoms with Gasteiger partial charge in [0.2, 0.25) is 0 Å². The molecule has 1 aliphatic carbocycles. The van der Waals surface area contributed by atoms with Gasteiger partial charge in [-0.1, -0.05) is 69.3 Å². The second kappa shape index (κ2) is 18.3. The highest BCUT2D eigenvalue weighted by atomic mass is 19.1. The number of rotatable bonds is 17. The summed E-state index contributed by atoms with van der Waals surface area (Å²) in [5.41, 5.74) is 3.26. The SMILES string of the molecule is C=C(CO)C(=O)OCCC(COC(O)C(=C)C)C1CCC(c2ccc(-c3ccc(-c4c(F)cc(CCCCC)cc4F)cc3F)cc2)CC1. The van der Waals surface area contributed by atoms with Gasteiger partial charge < -0.3 is 19.7 Å². The van der Waals surface area contributed by atoms with Crippen molar-refractivity contribution in [2.45, 2.75) is 83.8 Å². The number of aliphatic hydroxyl groups excluding tert-OH is 2. The van der Waals surface area contributed by atoms with Gasteiger partial charge in [-0.25, -0.2) is 18.0 Å². The molecule has 4 rings (SSSR count). The minimum Gasteiger partial charge on any atom is -0.462 e. The smallest absolute Gasteiger partial charge is 0.335 e. The Morgan fingerprint density at radius 3 is 2.16 bits per heavy atom. The molecule has 8 heteroatoms. The molecule has 0 saturated heterocycles. The van der Waals surface area contributed by atoms with E-state index in [0.29, 0.717) is 53.5 Å². The molecular formula is C41H49F3O5. The Bertz CT molecular complexity index is 1550. The molecule has 0 bridgehead atoms. The number of hydrogen-bond acceptors (Lipinski definition) is 5. The molecule has 0 spiro atoms. The maximum atomic E-state index is 15.4. The van der Waals surface area contributed by atoms with E-state index in [1.165, 1.54) is 18.2 Å². The predicted octanol–water partition coefficient (Wildman–Crippen LogP) is 9.45.